The molecule has 1 aliphatic rings. The molecule has 3 aromatic carbocycles. The first-order chi connectivity index (χ1) is 19.2. The monoisotopic (exact) mass is 529 g/mol. The van der Waals surface area contributed by atoms with E-state index in [0.29, 0.717) is 55.3 Å². The van der Waals surface area contributed by atoms with Gasteiger partial charge in [0.15, 0.2) is 11.5 Å². The predicted molar refractivity (Wildman–Crippen MR) is 148 cm³/mol. The number of halogens is 1. The molecule has 10 nitrogen and oxygen atoms in total. The fourth-order valence-corrected chi connectivity index (χ4v) is 3.85. The molecule has 1 aliphatic heterocycles. The lowest BCUT2D eigenvalue weighted by molar-refractivity contribution is 0.122. The molecule has 4 aromatic rings. The van der Waals surface area contributed by atoms with E-state index in [2.05, 4.69) is 30.8 Å². The summed E-state index contributed by atoms with van der Waals surface area (Å²) in [6, 6.07) is 21.5. The molecule has 39 heavy (non-hydrogen) atoms. The molecule has 1 fully saturated rings. The number of hydrogen-bond acceptors (Lipinski definition) is 10. The highest BCUT2D eigenvalue weighted by atomic mass is 19.1. The standard InChI is InChI=1S/C28H28FN7O3/c1-37-25-17-20(11-12-24(25)39-19-21-7-5-6-10-23(21)29)18-30-35-27-32-26(31-22-8-3-2-4-9-22)33-28(34-27)36-13-15-38-16-14-36/h2-12,17-18H,13-16,19H2,1H3,(H2,31,32,33,34,35)/b30-18+. The molecule has 0 unspecified atom stereocenters. The van der Waals surface area contributed by atoms with E-state index in [-0.39, 0.29) is 18.4 Å². The molecular weight excluding hydrogens is 501 g/mol. The van der Waals surface area contributed by atoms with E-state index in [4.69, 9.17) is 14.2 Å². The van der Waals surface area contributed by atoms with Crippen LogP contribution in [0.2, 0.25) is 0 Å². The predicted octanol–water partition coefficient (Wildman–Crippen LogP) is 4.62. The van der Waals surface area contributed by atoms with Gasteiger partial charge in [-0.1, -0.05) is 36.4 Å². The Morgan fingerprint density at radius 1 is 0.949 bits per heavy atom. The molecule has 0 saturated carbocycles. The molecule has 0 spiro atoms. The van der Waals surface area contributed by atoms with Gasteiger partial charge in [-0.3, -0.25) is 0 Å². The van der Waals surface area contributed by atoms with Gasteiger partial charge in [-0.25, -0.2) is 9.82 Å². The van der Waals surface area contributed by atoms with Crippen LogP contribution >= 0.6 is 0 Å². The van der Waals surface area contributed by atoms with Crippen molar-refractivity contribution in [3.05, 3.63) is 89.7 Å². The van der Waals surface area contributed by atoms with Gasteiger partial charge in [-0.15, -0.1) is 0 Å². The number of ether oxygens (including phenoxy) is 3. The van der Waals surface area contributed by atoms with Crippen molar-refractivity contribution in [1.82, 2.24) is 15.0 Å². The van der Waals surface area contributed by atoms with Gasteiger partial charge in [0.25, 0.3) is 0 Å². The minimum Gasteiger partial charge on any atom is -0.493 e. The van der Waals surface area contributed by atoms with Crippen molar-refractivity contribution in [1.29, 1.82) is 0 Å². The summed E-state index contributed by atoms with van der Waals surface area (Å²) < 4.78 is 30.6. The van der Waals surface area contributed by atoms with Crippen molar-refractivity contribution in [2.24, 2.45) is 5.10 Å². The van der Waals surface area contributed by atoms with Crippen LogP contribution in [0.1, 0.15) is 11.1 Å². The Morgan fingerprint density at radius 3 is 2.51 bits per heavy atom. The van der Waals surface area contributed by atoms with Crippen LogP contribution in [0.4, 0.5) is 27.9 Å². The smallest absolute Gasteiger partial charge is 0.250 e. The topological polar surface area (TPSA) is 106 Å². The van der Waals surface area contributed by atoms with Crippen LogP contribution in [0, 0.1) is 5.82 Å². The first-order valence-electron chi connectivity index (χ1n) is 12.4. The first kappa shape index (κ1) is 25.9. The van der Waals surface area contributed by atoms with Gasteiger partial charge in [0, 0.05) is 24.3 Å². The van der Waals surface area contributed by atoms with Gasteiger partial charge < -0.3 is 24.4 Å². The number of morpholine rings is 1. The van der Waals surface area contributed by atoms with Crippen LogP contribution in [-0.2, 0) is 11.3 Å². The molecule has 200 valence electrons. The average molecular weight is 530 g/mol. The number of benzene rings is 3. The number of hydrazone groups is 1. The van der Waals surface area contributed by atoms with Gasteiger partial charge in [-0.2, -0.15) is 20.1 Å². The van der Waals surface area contributed by atoms with Crippen LogP contribution in [0.15, 0.2) is 77.9 Å². The SMILES string of the molecule is COc1cc(/C=N/Nc2nc(Nc3ccccc3)nc(N3CCOCC3)n2)ccc1OCc1ccccc1F. The summed E-state index contributed by atoms with van der Waals surface area (Å²) >= 11 is 0. The van der Waals surface area contributed by atoms with E-state index in [1.165, 1.54) is 6.07 Å². The Kier molecular flexibility index (Phi) is 8.39. The zero-order valence-electron chi connectivity index (χ0n) is 21.4. The minimum absolute atomic E-state index is 0.0855. The van der Waals surface area contributed by atoms with Crippen molar-refractivity contribution in [3.63, 3.8) is 0 Å². The second kappa shape index (κ2) is 12.7. The van der Waals surface area contributed by atoms with Gasteiger partial charge >= 0.3 is 0 Å². The maximum atomic E-state index is 13.9. The lowest BCUT2D eigenvalue weighted by Gasteiger charge is -2.27. The van der Waals surface area contributed by atoms with Crippen LogP contribution in [0.25, 0.3) is 0 Å². The molecule has 2 N–H and O–H groups in total. The van der Waals surface area contributed by atoms with E-state index in [0.717, 1.165) is 11.3 Å². The number of rotatable bonds is 10. The molecular formula is C28H28FN7O3. The average Bonchev–Trinajstić information content (AvgIpc) is 2.98. The molecule has 2 heterocycles. The Bertz CT molecular complexity index is 1420. The molecule has 5 rings (SSSR count). The Morgan fingerprint density at radius 2 is 1.72 bits per heavy atom. The number of hydrogen-bond donors (Lipinski definition) is 2. The van der Waals surface area contributed by atoms with E-state index in [1.807, 2.05) is 41.3 Å². The second-order valence-electron chi connectivity index (χ2n) is 8.53. The molecule has 11 heteroatoms. The Balaban J connectivity index is 1.29. The van der Waals surface area contributed by atoms with Crippen LogP contribution < -0.4 is 25.1 Å². The molecule has 0 radical (unpaired) electrons. The van der Waals surface area contributed by atoms with Gasteiger partial charge in [0.05, 0.1) is 26.5 Å². The molecule has 1 saturated heterocycles. The third-order valence-electron chi connectivity index (χ3n) is 5.85. The zero-order chi connectivity index (χ0) is 26.9. The third kappa shape index (κ3) is 6.96. The van der Waals surface area contributed by atoms with Crippen molar-refractivity contribution >= 4 is 29.7 Å². The van der Waals surface area contributed by atoms with Gasteiger partial charge in [0.1, 0.15) is 12.4 Å². The highest BCUT2D eigenvalue weighted by Gasteiger charge is 2.17. The normalized spacial score (nSPS) is 13.3. The summed E-state index contributed by atoms with van der Waals surface area (Å²) in [5.41, 5.74) is 4.97. The van der Waals surface area contributed by atoms with E-state index in [9.17, 15) is 4.39 Å². The number of nitrogens with one attached hydrogen (secondary N) is 2. The maximum absolute atomic E-state index is 13.9. The summed E-state index contributed by atoms with van der Waals surface area (Å²) in [6.45, 7) is 2.67. The fraction of sp³-hybridized carbons (Fsp3) is 0.214. The largest absolute Gasteiger partial charge is 0.493 e. The van der Waals surface area contributed by atoms with E-state index >= 15 is 0 Å². The quantitative estimate of drug-likeness (QED) is 0.225. The van der Waals surface area contributed by atoms with Crippen molar-refractivity contribution in [2.45, 2.75) is 6.61 Å². The highest BCUT2D eigenvalue weighted by molar-refractivity contribution is 5.81. The van der Waals surface area contributed by atoms with E-state index in [1.54, 1.807) is 43.7 Å². The summed E-state index contributed by atoms with van der Waals surface area (Å²) in [6.07, 6.45) is 1.62. The van der Waals surface area contributed by atoms with Crippen LogP contribution in [0.5, 0.6) is 11.5 Å². The number of anilines is 4. The summed E-state index contributed by atoms with van der Waals surface area (Å²) in [4.78, 5) is 15.6. The van der Waals surface area contributed by atoms with Gasteiger partial charge in [0.2, 0.25) is 17.8 Å². The highest BCUT2D eigenvalue weighted by Crippen LogP contribution is 2.28. The Hall–Kier alpha value is -4.77. The van der Waals surface area contributed by atoms with Crippen LogP contribution in [0.3, 0.4) is 0 Å². The number of methoxy groups -OCH3 is 1. The van der Waals surface area contributed by atoms with Crippen molar-refractivity contribution in [2.75, 3.05) is 49.1 Å². The Labute approximate surface area is 225 Å². The summed E-state index contributed by atoms with van der Waals surface area (Å²) in [7, 11) is 1.55. The first-order valence-corrected chi connectivity index (χ1v) is 12.4. The van der Waals surface area contributed by atoms with Crippen molar-refractivity contribution < 1.29 is 18.6 Å². The zero-order valence-corrected chi connectivity index (χ0v) is 21.4. The molecule has 0 bridgehead atoms. The molecule has 1 aromatic heterocycles. The van der Waals surface area contributed by atoms with Gasteiger partial charge in [-0.05, 0) is 42.0 Å². The lowest BCUT2D eigenvalue weighted by atomic mass is 10.2. The molecule has 0 amide bonds. The third-order valence-corrected chi connectivity index (χ3v) is 5.85. The summed E-state index contributed by atoms with van der Waals surface area (Å²) in [5, 5.41) is 7.53. The maximum Gasteiger partial charge on any atom is 0.250 e. The second-order valence-corrected chi connectivity index (χ2v) is 8.53. The number of aromatic nitrogens is 3. The molecule has 0 aliphatic carbocycles. The lowest BCUT2D eigenvalue weighted by Crippen LogP contribution is -2.37. The molecule has 0 atom stereocenters. The number of para-hydroxylation sites is 1. The fourth-order valence-electron chi connectivity index (χ4n) is 3.85. The summed E-state index contributed by atoms with van der Waals surface area (Å²) in [5.74, 6) is 1.90. The minimum atomic E-state index is -0.316. The van der Waals surface area contributed by atoms with E-state index < -0.39 is 0 Å². The number of nitrogens with zero attached hydrogens (tertiary/aromatic N) is 5. The van der Waals surface area contributed by atoms with Crippen LogP contribution in [-0.4, -0.2) is 54.6 Å². The van der Waals surface area contributed by atoms with Crippen molar-refractivity contribution in [3.8, 4) is 11.5 Å².